The van der Waals surface area contributed by atoms with Crippen LogP contribution in [0.2, 0.25) is 0 Å². The molecule has 0 aliphatic carbocycles. The highest BCUT2D eigenvalue weighted by molar-refractivity contribution is 7.13. The molecule has 0 unspecified atom stereocenters. The number of nitrogen functional groups attached to an aromatic ring is 1. The summed E-state index contributed by atoms with van der Waals surface area (Å²) < 4.78 is 12.0. The molecule has 3 N–H and O–H groups in total. The second-order valence-electron chi connectivity index (χ2n) is 7.43. The average Bonchev–Trinajstić information content (AvgIpc) is 3.36. The number of aromatic amines is 1. The van der Waals surface area contributed by atoms with Crippen molar-refractivity contribution in [1.29, 1.82) is 0 Å². The molecule has 0 saturated heterocycles. The Kier molecular flexibility index (Phi) is 7.11. The van der Waals surface area contributed by atoms with Crippen LogP contribution in [-0.2, 0) is 17.8 Å². The van der Waals surface area contributed by atoms with Gasteiger partial charge in [-0.1, -0.05) is 25.1 Å². The Balaban J connectivity index is 1.96. The van der Waals surface area contributed by atoms with E-state index < -0.39 is 11.2 Å². The number of rotatable bonds is 10. The minimum Gasteiger partial charge on any atom is -0.385 e. The van der Waals surface area contributed by atoms with E-state index in [1.807, 2.05) is 42.3 Å². The zero-order chi connectivity index (χ0) is 21.7. The smallest absolute Gasteiger partial charge is 0.330 e. The van der Waals surface area contributed by atoms with Gasteiger partial charge in [0.05, 0.1) is 11.4 Å². The van der Waals surface area contributed by atoms with Gasteiger partial charge in [0.15, 0.2) is 5.76 Å². The molecule has 162 valence electrons. The van der Waals surface area contributed by atoms with Crippen molar-refractivity contribution in [2.75, 3.05) is 30.9 Å². The quantitative estimate of drug-likeness (QED) is 0.472. The van der Waals surface area contributed by atoms with Crippen LogP contribution in [0.25, 0.3) is 10.6 Å². The van der Waals surface area contributed by atoms with Crippen LogP contribution in [0, 0.1) is 5.92 Å². The van der Waals surface area contributed by atoms with Crippen molar-refractivity contribution in [3.63, 3.8) is 0 Å². The zero-order valence-electron chi connectivity index (χ0n) is 17.4. The lowest BCUT2D eigenvalue weighted by molar-refractivity contribution is 0.196. The van der Waals surface area contributed by atoms with Gasteiger partial charge in [-0.2, -0.15) is 0 Å². The fourth-order valence-corrected chi connectivity index (χ4v) is 3.89. The van der Waals surface area contributed by atoms with Crippen molar-refractivity contribution in [2.24, 2.45) is 5.92 Å². The monoisotopic (exact) mass is 433 g/mol. The van der Waals surface area contributed by atoms with Crippen LogP contribution in [-0.4, -0.2) is 35.0 Å². The number of H-pyrrole nitrogens is 1. The lowest BCUT2D eigenvalue weighted by atomic mass is 10.2. The van der Waals surface area contributed by atoms with Crippen molar-refractivity contribution >= 4 is 22.8 Å². The Morgan fingerprint density at radius 1 is 1.40 bits per heavy atom. The Morgan fingerprint density at radius 2 is 2.20 bits per heavy atom. The molecule has 10 heteroatoms. The number of ether oxygens (including phenoxy) is 1. The number of nitrogens with two attached hydrogens (primary N) is 1. The molecule has 0 spiro atoms. The minimum absolute atomic E-state index is 0.150. The Hall–Kier alpha value is -2.85. The fourth-order valence-electron chi connectivity index (χ4n) is 3.22. The van der Waals surface area contributed by atoms with E-state index in [0.717, 1.165) is 4.88 Å². The molecule has 0 fully saturated rings. The molecule has 0 radical (unpaired) electrons. The van der Waals surface area contributed by atoms with Gasteiger partial charge >= 0.3 is 5.69 Å². The van der Waals surface area contributed by atoms with Gasteiger partial charge in [0.2, 0.25) is 0 Å². The molecule has 0 saturated carbocycles. The third-order valence-electron chi connectivity index (χ3n) is 4.53. The summed E-state index contributed by atoms with van der Waals surface area (Å²) in [4.78, 5) is 30.2. The van der Waals surface area contributed by atoms with Gasteiger partial charge in [-0.05, 0) is 23.8 Å². The number of hydrogen-bond acceptors (Lipinski definition) is 8. The summed E-state index contributed by atoms with van der Waals surface area (Å²) in [5, 5.41) is 6.12. The number of nitrogens with one attached hydrogen (secondary N) is 1. The maximum Gasteiger partial charge on any atom is 0.330 e. The van der Waals surface area contributed by atoms with Gasteiger partial charge in [0.1, 0.15) is 17.2 Å². The molecule has 30 heavy (non-hydrogen) atoms. The van der Waals surface area contributed by atoms with Crippen molar-refractivity contribution in [3.05, 3.63) is 50.1 Å². The molecular formula is C20H27N5O4S. The first-order chi connectivity index (χ1) is 14.4. The minimum atomic E-state index is -0.517. The molecule has 0 atom stereocenters. The molecule has 3 rings (SSSR count). The van der Waals surface area contributed by atoms with E-state index in [4.69, 9.17) is 15.0 Å². The van der Waals surface area contributed by atoms with E-state index in [1.165, 1.54) is 4.57 Å². The molecule has 0 bridgehead atoms. The van der Waals surface area contributed by atoms with Crippen LogP contribution in [0.1, 0.15) is 26.0 Å². The van der Waals surface area contributed by atoms with Crippen molar-refractivity contribution in [2.45, 2.75) is 33.4 Å². The average molecular weight is 434 g/mol. The third-order valence-corrected chi connectivity index (χ3v) is 5.41. The first-order valence-electron chi connectivity index (χ1n) is 9.76. The van der Waals surface area contributed by atoms with Crippen LogP contribution in [0.3, 0.4) is 0 Å². The summed E-state index contributed by atoms with van der Waals surface area (Å²) in [5.74, 6) is 1.01. The molecule has 3 heterocycles. The van der Waals surface area contributed by atoms with E-state index in [-0.39, 0.29) is 17.4 Å². The molecule has 9 nitrogen and oxygen atoms in total. The summed E-state index contributed by atoms with van der Waals surface area (Å²) >= 11 is 1.56. The lowest BCUT2D eigenvalue weighted by Gasteiger charge is -2.25. The van der Waals surface area contributed by atoms with Crippen molar-refractivity contribution < 1.29 is 9.26 Å². The van der Waals surface area contributed by atoms with E-state index in [2.05, 4.69) is 10.1 Å². The van der Waals surface area contributed by atoms with Crippen LogP contribution < -0.4 is 21.9 Å². The van der Waals surface area contributed by atoms with Crippen molar-refractivity contribution in [1.82, 2.24) is 14.7 Å². The number of hydrogen-bond donors (Lipinski definition) is 2. The summed E-state index contributed by atoms with van der Waals surface area (Å²) in [6.07, 6.45) is 0.675. The van der Waals surface area contributed by atoms with E-state index >= 15 is 0 Å². The van der Waals surface area contributed by atoms with Gasteiger partial charge in [-0.25, -0.2) is 4.79 Å². The standard InChI is InChI=1S/C20H27N5O4S/c1-13(2)11-25-18(21)17(19(26)22-20(25)27)24(7-5-8-28-3)12-14-10-15(29-23-14)16-6-4-9-30-16/h4,6,9-10,13H,5,7-8,11-12,21H2,1-3H3,(H,22,26,27). The van der Waals surface area contributed by atoms with E-state index in [9.17, 15) is 9.59 Å². The molecule has 0 aliphatic rings. The van der Waals surface area contributed by atoms with E-state index in [1.54, 1.807) is 18.4 Å². The summed E-state index contributed by atoms with van der Waals surface area (Å²) in [5.41, 5.74) is 6.20. The van der Waals surface area contributed by atoms with Gasteiger partial charge in [-0.15, -0.1) is 11.3 Å². The van der Waals surface area contributed by atoms with Crippen LogP contribution in [0.5, 0.6) is 0 Å². The van der Waals surface area contributed by atoms with Gasteiger partial charge in [-0.3, -0.25) is 14.3 Å². The molecule has 0 aliphatic heterocycles. The predicted octanol–water partition coefficient (Wildman–Crippen LogP) is 2.53. The van der Waals surface area contributed by atoms with Gasteiger partial charge in [0.25, 0.3) is 5.56 Å². The Morgan fingerprint density at radius 3 is 2.87 bits per heavy atom. The highest BCUT2D eigenvalue weighted by atomic mass is 32.1. The third kappa shape index (κ3) is 5.00. The number of thiophene rings is 1. The largest absolute Gasteiger partial charge is 0.385 e. The number of methoxy groups -OCH3 is 1. The van der Waals surface area contributed by atoms with Crippen molar-refractivity contribution in [3.8, 4) is 10.6 Å². The Bertz CT molecular complexity index is 1070. The fraction of sp³-hybridized carbons (Fsp3) is 0.450. The lowest BCUT2D eigenvalue weighted by Crippen LogP contribution is -2.39. The zero-order valence-corrected chi connectivity index (χ0v) is 18.2. The molecule has 3 aromatic heterocycles. The number of nitrogens with zero attached hydrogens (tertiary/aromatic N) is 3. The van der Waals surface area contributed by atoms with Crippen LogP contribution >= 0.6 is 11.3 Å². The molecule has 0 aromatic carbocycles. The number of aromatic nitrogens is 3. The van der Waals surface area contributed by atoms with Crippen LogP contribution in [0.4, 0.5) is 11.5 Å². The highest BCUT2D eigenvalue weighted by Gasteiger charge is 2.21. The molecule has 3 aromatic rings. The second-order valence-corrected chi connectivity index (χ2v) is 8.37. The number of anilines is 2. The summed E-state index contributed by atoms with van der Waals surface area (Å²) in [6, 6.07) is 5.75. The second kappa shape index (κ2) is 9.77. The molecular weight excluding hydrogens is 406 g/mol. The topological polar surface area (TPSA) is 119 Å². The first-order valence-corrected chi connectivity index (χ1v) is 10.6. The van der Waals surface area contributed by atoms with E-state index in [0.29, 0.717) is 44.1 Å². The van der Waals surface area contributed by atoms with Gasteiger partial charge < -0.3 is 19.9 Å². The predicted molar refractivity (Wildman–Crippen MR) is 118 cm³/mol. The molecule has 0 amide bonds. The normalized spacial score (nSPS) is 11.3. The maximum absolute atomic E-state index is 12.7. The first kappa shape index (κ1) is 21.8. The van der Waals surface area contributed by atoms with Gasteiger partial charge in [0, 0.05) is 32.9 Å². The SMILES string of the molecule is COCCCN(Cc1cc(-c2cccs2)on1)c1c(N)n(CC(C)C)c(=O)[nH]c1=O. The highest BCUT2D eigenvalue weighted by Crippen LogP contribution is 2.26. The summed E-state index contributed by atoms with van der Waals surface area (Å²) in [7, 11) is 1.62. The maximum atomic E-state index is 12.7. The summed E-state index contributed by atoms with van der Waals surface area (Å²) in [6.45, 7) is 5.71. The van der Waals surface area contributed by atoms with Crippen LogP contribution in [0.15, 0.2) is 37.7 Å². The Labute approximate surface area is 178 Å².